The van der Waals surface area contributed by atoms with E-state index >= 15 is 0 Å². The number of nitriles is 1. The molecule has 0 aliphatic carbocycles. The molecule has 5 nitrogen and oxygen atoms in total. The van der Waals surface area contributed by atoms with Crippen molar-refractivity contribution in [1.82, 2.24) is 9.55 Å². The third-order valence-electron chi connectivity index (χ3n) is 3.93. The number of ketones is 1. The molecule has 0 amide bonds. The van der Waals surface area contributed by atoms with Gasteiger partial charge in [-0.15, -0.1) is 6.42 Å². The zero-order valence-corrected chi connectivity index (χ0v) is 13.6. The van der Waals surface area contributed by atoms with Crippen LogP contribution in [0.2, 0.25) is 0 Å². The lowest BCUT2D eigenvalue weighted by Crippen LogP contribution is -2.15. The van der Waals surface area contributed by atoms with E-state index in [1.165, 1.54) is 0 Å². The summed E-state index contributed by atoms with van der Waals surface area (Å²) in [6, 6.07) is 16.2. The van der Waals surface area contributed by atoms with E-state index in [1.807, 2.05) is 24.3 Å². The number of hydrogen-bond acceptors (Lipinski definition) is 4. The average molecular weight is 329 g/mol. The van der Waals surface area contributed by atoms with Crippen molar-refractivity contribution in [3.05, 3.63) is 59.9 Å². The first-order valence-electron chi connectivity index (χ1n) is 7.67. The van der Waals surface area contributed by atoms with Gasteiger partial charge in [0.1, 0.15) is 18.2 Å². The van der Waals surface area contributed by atoms with E-state index in [0.29, 0.717) is 17.1 Å². The smallest absolute Gasteiger partial charge is 0.187 e. The molecule has 2 aromatic carbocycles. The molecule has 5 heteroatoms. The minimum absolute atomic E-state index is 0.161. The van der Waals surface area contributed by atoms with Gasteiger partial charge in [0.25, 0.3) is 0 Å². The van der Waals surface area contributed by atoms with Gasteiger partial charge in [-0.3, -0.25) is 4.79 Å². The zero-order valence-electron chi connectivity index (χ0n) is 13.6. The van der Waals surface area contributed by atoms with Gasteiger partial charge >= 0.3 is 0 Å². The van der Waals surface area contributed by atoms with Crippen molar-refractivity contribution >= 4 is 16.8 Å². The molecule has 0 unspecified atom stereocenters. The van der Waals surface area contributed by atoms with E-state index in [-0.39, 0.29) is 12.4 Å². The molecule has 0 saturated heterocycles. The first-order chi connectivity index (χ1) is 12.2. The van der Waals surface area contributed by atoms with Crippen LogP contribution in [0.4, 0.5) is 0 Å². The predicted molar refractivity (Wildman–Crippen MR) is 94.2 cm³/mol. The quantitative estimate of drug-likeness (QED) is 0.533. The summed E-state index contributed by atoms with van der Waals surface area (Å²) < 4.78 is 7.07. The Morgan fingerprint density at radius 3 is 2.64 bits per heavy atom. The standard InChI is InChI=1S/C20H15N3O2/c1-3-12-25-15-10-8-14(9-11-15)19(24)16(13-21)20-22-17-6-4-5-7-18(17)23(20)2/h1,4-11,16H,12H2,2H3/t16-/m0/s1. The molecule has 0 aliphatic rings. The summed E-state index contributed by atoms with van der Waals surface area (Å²) in [6.45, 7) is 0.161. The fourth-order valence-electron chi connectivity index (χ4n) is 2.66. The third kappa shape index (κ3) is 3.08. The minimum atomic E-state index is -0.977. The first-order valence-corrected chi connectivity index (χ1v) is 7.67. The Bertz CT molecular complexity index is 1000. The molecular formula is C20H15N3O2. The summed E-state index contributed by atoms with van der Waals surface area (Å²) in [4.78, 5) is 17.2. The summed E-state index contributed by atoms with van der Waals surface area (Å²) in [7, 11) is 1.80. The third-order valence-corrected chi connectivity index (χ3v) is 3.93. The normalized spacial score (nSPS) is 11.5. The number of terminal acetylenes is 1. The van der Waals surface area contributed by atoms with Crippen LogP contribution in [-0.4, -0.2) is 21.9 Å². The molecule has 122 valence electrons. The van der Waals surface area contributed by atoms with E-state index in [0.717, 1.165) is 11.0 Å². The predicted octanol–water partition coefficient (Wildman–Crippen LogP) is 3.08. The van der Waals surface area contributed by atoms with Crippen LogP contribution >= 0.6 is 0 Å². The molecule has 1 atom stereocenters. The zero-order chi connectivity index (χ0) is 17.8. The lowest BCUT2D eigenvalue weighted by atomic mass is 9.98. The highest BCUT2D eigenvalue weighted by Crippen LogP contribution is 2.24. The van der Waals surface area contributed by atoms with E-state index in [1.54, 1.807) is 35.9 Å². The van der Waals surface area contributed by atoms with Crippen LogP contribution in [0.25, 0.3) is 11.0 Å². The Morgan fingerprint density at radius 1 is 1.28 bits per heavy atom. The number of nitrogens with zero attached hydrogens (tertiary/aromatic N) is 3. The minimum Gasteiger partial charge on any atom is -0.481 e. The molecule has 0 spiro atoms. The fourth-order valence-corrected chi connectivity index (χ4v) is 2.66. The van der Waals surface area contributed by atoms with Gasteiger partial charge in [-0.05, 0) is 36.4 Å². The molecule has 1 heterocycles. The highest BCUT2D eigenvalue weighted by atomic mass is 16.5. The van der Waals surface area contributed by atoms with Gasteiger partial charge in [-0.2, -0.15) is 5.26 Å². The van der Waals surface area contributed by atoms with Crippen LogP contribution in [0.1, 0.15) is 22.1 Å². The van der Waals surface area contributed by atoms with Gasteiger partial charge in [0.05, 0.1) is 17.1 Å². The van der Waals surface area contributed by atoms with Crippen LogP contribution in [0.15, 0.2) is 48.5 Å². The highest BCUT2D eigenvalue weighted by molar-refractivity contribution is 6.02. The van der Waals surface area contributed by atoms with Crippen molar-refractivity contribution in [3.8, 4) is 24.2 Å². The second kappa shape index (κ2) is 6.90. The van der Waals surface area contributed by atoms with E-state index < -0.39 is 5.92 Å². The van der Waals surface area contributed by atoms with Crippen molar-refractivity contribution in [3.63, 3.8) is 0 Å². The number of benzene rings is 2. The number of imidazole rings is 1. The van der Waals surface area contributed by atoms with Crippen LogP contribution in [-0.2, 0) is 7.05 Å². The Hall–Kier alpha value is -3.57. The van der Waals surface area contributed by atoms with Crippen LogP contribution in [0, 0.1) is 23.7 Å². The van der Waals surface area contributed by atoms with Crippen LogP contribution < -0.4 is 4.74 Å². The lowest BCUT2D eigenvalue weighted by Gasteiger charge is -2.09. The van der Waals surface area contributed by atoms with Gasteiger partial charge in [-0.1, -0.05) is 18.1 Å². The van der Waals surface area contributed by atoms with Gasteiger partial charge in [-0.25, -0.2) is 4.98 Å². The molecule has 0 aliphatic heterocycles. The van der Waals surface area contributed by atoms with Gasteiger partial charge in [0.15, 0.2) is 11.7 Å². The van der Waals surface area contributed by atoms with Crippen LogP contribution in [0.5, 0.6) is 5.75 Å². The number of Topliss-reactive ketones (excluding diaryl/α,β-unsaturated/α-hetero) is 1. The highest BCUT2D eigenvalue weighted by Gasteiger charge is 2.26. The van der Waals surface area contributed by atoms with Gasteiger partial charge in [0.2, 0.25) is 0 Å². The Labute approximate surface area is 145 Å². The molecule has 0 saturated carbocycles. The molecule has 1 aromatic heterocycles. The SMILES string of the molecule is C#CCOc1ccc(C(=O)[C@H](C#N)c2nc3ccccc3n2C)cc1. The topological polar surface area (TPSA) is 67.9 Å². The molecule has 25 heavy (non-hydrogen) atoms. The summed E-state index contributed by atoms with van der Waals surface area (Å²) >= 11 is 0. The van der Waals surface area contributed by atoms with Crippen molar-refractivity contribution in [2.24, 2.45) is 7.05 Å². The summed E-state index contributed by atoms with van der Waals surface area (Å²) in [5, 5.41) is 9.56. The first kappa shape index (κ1) is 16.3. The van der Waals surface area contributed by atoms with Gasteiger partial charge < -0.3 is 9.30 Å². The Kier molecular flexibility index (Phi) is 4.50. The molecule has 3 aromatic rings. The largest absolute Gasteiger partial charge is 0.481 e. The van der Waals surface area contributed by atoms with Crippen molar-refractivity contribution in [2.75, 3.05) is 6.61 Å². The molecule has 3 rings (SSSR count). The Morgan fingerprint density at radius 2 is 2.00 bits per heavy atom. The average Bonchev–Trinajstić information content (AvgIpc) is 2.98. The number of rotatable bonds is 5. The number of ether oxygens (including phenoxy) is 1. The maximum absolute atomic E-state index is 12.8. The number of aryl methyl sites for hydroxylation is 1. The number of carbonyl (C=O) groups excluding carboxylic acids is 1. The molecular weight excluding hydrogens is 314 g/mol. The van der Waals surface area contributed by atoms with Crippen molar-refractivity contribution in [2.45, 2.75) is 5.92 Å². The van der Waals surface area contributed by atoms with E-state index in [2.05, 4.69) is 17.0 Å². The van der Waals surface area contributed by atoms with Gasteiger partial charge in [0, 0.05) is 12.6 Å². The summed E-state index contributed by atoms with van der Waals surface area (Å²) in [5.41, 5.74) is 2.06. The molecule has 0 bridgehead atoms. The number of hydrogen-bond donors (Lipinski definition) is 0. The van der Waals surface area contributed by atoms with Crippen molar-refractivity contribution in [1.29, 1.82) is 5.26 Å². The molecule has 0 N–H and O–H groups in total. The summed E-state index contributed by atoms with van der Waals surface area (Å²) in [6.07, 6.45) is 5.15. The number of carbonyl (C=O) groups is 1. The monoisotopic (exact) mass is 329 g/mol. The fraction of sp³-hybridized carbons (Fsp3) is 0.150. The Balaban J connectivity index is 1.92. The van der Waals surface area contributed by atoms with Crippen LogP contribution in [0.3, 0.4) is 0 Å². The lowest BCUT2D eigenvalue weighted by molar-refractivity contribution is 0.0975. The summed E-state index contributed by atoms with van der Waals surface area (Å²) in [5.74, 6) is 2.11. The maximum atomic E-state index is 12.8. The number of para-hydroxylation sites is 2. The van der Waals surface area contributed by atoms with E-state index in [9.17, 15) is 10.1 Å². The second-order valence-electron chi connectivity index (χ2n) is 5.46. The number of fused-ring (bicyclic) bond motifs is 1. The number of aromatic nitrogens is 2. The second-order valence-corrected chi connectivity index (χ2v) is 5.46. The molecule has 0 radical (unpaired) electrons. The van der Waals surface area contributed by atoms with E-state index in [4.69, 9.17) is 11.2 Å². The van der Waals surface area contributed by atoms with Crippen molar-refractivity contribution < 1.29 is 9.53 Å². The molecule has 0 fully saturated rings. The maximum Gasteiger partial charge on any atom is 0.187 e.